The molecule has 0 bridgehead atoms. The van der Waals surface area contributed by atoms with E-state index in [0.29, 0.717) is 32.5 Å². The Morgan fingerprint density at radius 1 is 1.39 bits per heavy atom. The molecule has 0 spiro atoms. The lowest BCUT2D eigenvalue weighted by Gasteiger charge is -2.42. The highest BCUT2D eigenvalue weighted by atomic mass is 16.4. The molecule has 6 heteroatoms. The molecule has 0 radical (unpaired) electrons. The number of aliphatic carboxylic acids is 1. The minimum Gasteiger partial charge on any atom is -0.481 e. The number of nitrogens with zero attached hydrogens (tertiary/aromatic N) is 2. The van der Waals surface area contributed by atoms with E-state index in [4.69, 9.17) is 0 Å². The predicted molar refractivity (Wildman–Crippen MR) is 84.7 cm³/mol. The summed E-state index contributed by atoms with van der Waals surface area (Å²) >= 11 is 0. The summed E-state index contributed by atoms with van der Waals surface area (Å²) in [4.78, 5) is 21.2. The SMILES string of the molecule is O=C(O)[C@@]1(Cc2ccccc2)CCN(Cc2ncc[nH]2)C[C@@H]1O. The average Bonchev–Trinajstić information content (AvgIpc) is 3.04. The second-order valence-electron chi connectivity index (χ2n) is 6.16. The lowest BCUT2D eigenvalue weighted by Crippen LogP contribution is -2.55. The number of aliphatic hydroxyl groups excluding tert-OH is 1. The van der Waals surface area contributed by atoms with Gasteiger partial charge in [0.15, 0.2) is 0 Å². The molecule has 2 aromatic rings. The molecule has 0 saturated carbocycles. The summed E-state index contributed by atoms with van der Waals surface area (Å²) in [7, 11) is 0. The summed E-state index contributed by atoms with van der Waals surface area (Å²) in [5, 5.41) is 20.4. The zero-order valence-corrected chi connectivity index (χ0v) is 12.9. The zero-order chi connectivity index (χ0) is 16.3. The molecule has 0 aliphatic carbocycles. The molecule has 0 amide bonds. The van der Waals surface area contributed by atoms with Crippen molar-refractivity contribution in [1.82, 2.24) is 14.9 Å². The van der Waals surface area contributed by atoms with E-state index in [1.54, 1.807) is 12.4 Å². The van der Waals surface area contributed by atoms with Crippen molar-refractivity contribution in [2.24, 2.45) is 5.41 Å². The van der Waals surface area contributed by atoms with Gasteiger partial charge in [-0.15, -0.1) is 0 Å². The monoisotopic (exact) mass is 315 g/mol. The fourth-order valence-electron chi connectivity index (χ4n) is 3.27. The van der Waals surface area contributed by atoms with Crippen LogP contribution in [-0.2, 0) is 17.8 Å². The van der Waals surface area contributed by atoms with Crippen molar-refractivity contribution in [3.63, 3.8) is 0 Å². The van der Waals surface area contributed by atoms with Gasteiger partial charge < -0.3 is 15.2 Å². The first-order valence-electron chi connectivity index (χ1n) is 7.76. The molecule has 3 N–H and O–H groups in total. The Labute approximate surface area is 134 Å². The van der Waals surface area contributed by atoms with Crippen molar-refractivity contribution in [2.75, 3.05) is 13.1 Å². The van der Waals surface area contributed by atoms with Crippen molar-refractivity contribution in [2.45, 2.75) is 25.5 Å². The number of hydrogen-bond acceptors (Lipinski definition) is 4. The Bertz CT molecular complexity index is 644. The zero-order valence-electron chi connectivity index (χ0n) is 12.9. The topological polar surface area (TPSA) is 89.5 Å². The summed E-state index contributed by atoms with van der Waals surface area (Å²) in [6.45, 7) is 1.54. The van der Waals surface area contributed by atoms with Gasteiger partial charge >= 0.3 is 5.97 Å². The Hall–Kier alpha value is -2.18. The number of aromatic nitrogens is 2. The number of hydrogen-bond donors (Lipinski definition) is 3. The van der Waals surface area contributed by atoms with Crippen LogP contribution >= 0.6 is 0 Å². The Kier molecular flexibility index (Phi) is 4.45. The molecule has 3 rings (SSSR count). The standard InChI is InChI=1S/C17H21N3O3/c21-14-11-20(12-15-18-7-8-19-15)9-6-17(14,16(22)23)10-13-4-2-1-3-5-13/h1-5,7-8,14,21H,6,9-12H2,(H,18,19)(H,22,23)/t14-,17+/m0/s1. The minimum absolute atomic E-state index is 0.333. The van der Waals surface area contributed by atoms with E-state index < -0.39 is 17.5 Å². The first kappa shape index (κ1) is 15.7. The maximum Gasteiger partial charge on any atom is 0.312 e. The second kappa shape index (κ2) is 6.52. The van der Waals surface area contributed by atoms with Crippen molar-refractivity contribution >= 4 is 5.97 Å². The van der Waals surface area contributed by atoms with Gasteiger partial charge in [-0.3, -0.25) is 9.69 Å². The molecule has 1 aliphatic rings. The van der Waals surface area contributed by atoms with Crippen LogP contribution < -0.4 is 0 Å². The molecule has 1 saturated heterocycles. The van der Waals surface area contributed by atoms with Gasteiger partial charge in [-0.2, -0.15) is 0 Å². The smallest absolute Gasteiger partial charge is 0.312 e. The maximum absolute atomic E-state index is 11.9. The fraction of sp³-hybridized carbons (Fsp3) is 0.412. The lowest BCUT2D eigenvalue weighted by atomic mass is 9.71. The number of carboxylic acid groups (broad SMARTS) is 1. The van der Waals surface area contributed by atoms with Gasteiger partial charge in [-0.05, 0) is 24.9 Å². The number of carbonyl (C=O) groups is 1. The normalized spacial score (nSPS) is 25.3. The van der Waals surface area contributed by atoms with Gasteiger partial charge in [-0.25, -0.2) is 4.98 Å². The van der Waals surface area contributed by atoms with Crippen LogP contribution in [0.3, 0.4) is 0 Å². The number of benzene rings is 1. The van der Waals surface area contributed by atoms with Crippen LogP contribution in [0.4, 0.5) is 0 Å². The van der Waals surface area contributed by atoms with Gasteiger partial charge in [0, 0.05) is 18.9 Å². The quantitative estimate of drug-likeness (QED) is 0.773. The van der Waals surface area contributed by atoms with E-state index in [0.717, 1.165) is 11.4 Å². The van der Waals surface area contributed by atoms with Gasteiger partial charge in [0.25, 0.3) is 0 Å². The third kappa shape index (κ3) is 3.28. The first-order chi connectivity index (χ1) is 11.1. The Morgan fingerprint density at radius 3 is 2.78 bits per heavy atom. The number of carboxylic acids is 1. The number of piperidine rings is 1. The van der Waals surface area contributed by atoms with Crippen molar-refractivity contribution < 1.29 is 15.0 Å². The van der Waals surface area contributed by atoms with E-state index >= 15 is 0 Å². The molecule has 122 valence electrons. The first-order valence-corrected chi connectivity index (χ1v) is 7.76. The van der Waals surface area contributed by atoms with Crippen LogP contribution in [0.25, 0.3) is 0 Å². The molecule has 1 aliphatic heterocycles. The molecule has 1 aromatic heterocycles. The van der Waals surface area contributed by atoms with Crippen LogP contribution in [0.5, 0.6) is 0 Å². The third-order valence-corrected chi connectivity index (χ3v) is 4.66. The molecule has 6 nitrogen and oxygen atoms in total. The summed E-state index contributed by atoms with van der Waals surface area (Å²) in [5.74, 6) is -0.102. The van der Waals surface area contributed by atoms with Gasteiger partial charge in [0.05, 0.1) is 12.6 Å². The van der Waals surface area contributed by atoms with Crippen LogP contribution in [0.15, 0.2) is 42.7 Å². The van der Waals surface area contributed by atoms with Crippen LogP contribution in [0, 0.1) is 5.41 Å². The summed E-state index contributed by atoms with van der Waals surface area (Å²) < 4.78 is 0. The van der Waals surface area contributed by atoms with Gasteiger partial charge in [0.1, 0.15) is 11.2 Å². The number of imidazole rings is 1. The molecule has 1 fully saturated rings. The molecule has 2 heterocycles. The highest BCUT2D eigenvalue weighted by Crippen LogP contribution is 2.36. The summed E-state index contributed by atoms with van der Waals surface area (Å²) in [6.07, 6.45) is 3.29. The summed E-state index contributed by atoms with van der Waals surface area (Å²) in [5.41, 5.74) is -0.186. The molecular formula is C17H21N3O3. The molecule has 1 aromatic carbocycles. The average molecular weight is 315 g/mol. The van der Waals surface area contributed by atoms with Crippen LogP contribution in [0.2, 0.25) is 0 Å². The third-order valence-electron chi connectivity index (χ3n) is 4.66. The van der Waals surface area contributed by atoms with Crippen LogP contribution in [-0.4, -0.2) is 50.2 Å². The number of likely N-dealkylation sites (tertiary alicyclic amines) is 1. The van der Waals surface area contributed by atoms with E-state index in [1.165, 1.54) is 0 Å². The second-order valence-corrected chi connectivity index (χ2v) is 6.16. The number of rotatable bonds is 5. The van der Waals surface area contributed by atoms with E-state index in [9.17, 15) is 15.0 Å². The Morgan fingerprint density at radius 2 is 2.17 bits per heavy atom. The fourth-order valence-corrected chi connectivity index (χ4v) is 3.27. The van der Waals surface area contributed by atoms with Gasteiger partial charge in [0.2, 0.25) is 0 Å². The number of H-pyrrole nitrogens is 1. The predicted octanol–water partition coefficient (Wildman–Crippen LogP) is 1.29. The number of β-amino-alcohol motifs (C(OH)–C–C–N with tert-alkyl or cyclic N) is 1. The molecular weight excluding hydrogens is 294 g/mol. The maximum atomic E-state index is 11.9. The molecule has 23 heavy (non-hydrogen) atoms. The molecule has 2 atom stereocenters. The molecule has 0 unspecified atom stereocenters. The summed E-state index contributed by atoms with van der Waals surface area (Å²) in [6, 6.07) is 9.51. The number of aliphatic hydroxyl groups is 1. The van der Waals surface area contributed by atoms with E-state index in [1.807, 2.05) is 35.2 Å². The van der Waals surface area contributed by atoms with E-state index in [-0.39, 0.29) is 0 Å². The van der Waals surface area contributed by atoms with E-state index in [2.05, 4.69) is 9.97 Å². The van der Waals surface area contributed by atoms with Gasteiger partial charge in [-0.1, -0.05) is 30.3 Å². The minimum atomic E-state index is -1.12. The lowest BCUT2D eigenvalue weighted by molar-refractivity contribution is -0.163. The number of aromatic amines is 1. The van der Waals surface area contributed by atoms with Crippen molar-refractivity contribution in [1.29, 1.82) is 0 Å². The van der Waals surface area contributed by atoms with Crippen molar-refractivity contribution in [3.8, 4) is 0 Å². The highest BCUT2D eigenvalue weighted by Gasteiger charge is 2.48. The van der Waals surface area contributed by atoms with Crippen molar-refractivity contribution in [3.05, 3.63) is 54.1 Å². The largest absolute Gasteiger partial charge is 0.481 e. The Balaban J connectivity index is 1.73. The van der Waals surface area contributed by atoms with Crippen LogP contribution in [0.1, 0.15) is 17.8 Å². The number of nitrogens with one attached hydrogen (secondary N) is 1. The highest BCUT2D eigenvalue weighted by molar-refractivity contribution is 5.76.